The summed E-state index contributed by atoms with van der Waals surface area (Å²) in [6, 6.07) is 16.9. The Morgan fingerprint density at radius 3 is 2.31 bits per heavy atom. The zero-order valence-corrected chi connectivity index (χ0v) is 16.0. The summed E-state index contributed by atoms with van der Waals surface area (Å²) in [4.78, 5) is 24.4. The lowest BCUT2D eigenvalue weighted by Crippen LogP contribution is -2.30. The van der Waals surface area contributed by atoms with Gasteiger partial charge in [-0.15, -0.1) is 0 Å². The van der Waals surface area contributed by atoms with Gasteiger partial charge < -0.3 is 14.8 Å². The van der Waals surface area contributed by atoms with Gasteiger partial charge in [0.2, 0.25) is 0 Å². The standard InChI is InChI=1S/C22H19N3O4/c1-3-28-20-10-6-16(7-11-20)12-18(14-24)22(27)29-15(2)21(26)25-19-8-4-17(13-23)5-9-19/h4-12,15H,3H2,1-2H3,(H,25,26)/b18-12+/t15-/m0/s1. The van der Waals surface area contributed by atoms with Crippen LogP contribution in [-0.2, 0) is 14.3 Å². The van der Waals surface area contributed by atoms with Gasteiger partial charge in [0, 0.05) is 5.69 Å². The van der Waals surface area contributed by atoms with Crippen molar-refractivity contribution < 1.29 is 19.1 Å². The number of hydrogen-bond acceptors (Lipinski definition) is 6. The van der Waals surface area contributed by atoms with Crippen molar-refractivity contribution >= 4 is 23.6 Å². The molecule has 0 aliphatic rings. The SMILES string of the molecule is CCOc1ccc(/C=C(\C#N)C(=O)O[C@@H](C)C(=O)Nc2ccc(C#N)cc2)cc1. The Kier molecular flexibility index (Phi) is 7.52. The summed E-state index contributed by atoms with van der Waals surface area (Å²) in [6.45, 7) is 3.81. The van der Waals surface area contributed by atoms with E-state index in [4.69, 9.17) is 14.7 Å². The molecule has 0 aliphatic heterocycles. The van der Waals surface area contributed by atoms with Gasteiger partial charge in [-0.1, -0.05) is 12.1 Å². The largest absolute Gasteiger partial charge is 0.494 e. The van der Waals surface area contributed by atoms with Crippen LogP contribution in [0.3, 0.4) is 0 Å². The van der Waals surface area contributed by atoms with Gasteiger partial charge in [0.1, 0.15) is 17.4 Å². The van der Waals surface area contributed by atoms with Crippen molar-refractivity contribution in [1.29, 1.82) is 10.5 Å². The maximum absolute atomic E-state index is 12.2. The van der Waals surface area contributed by atoms with E-state index in [1.165, 1.54) is 13.0 Å². The van der Waals surface area contributed by atoms with Gasteiger partial charge in [-0.3, -0.25) is 4.79 Å². The van der Waals surface area contributed by atoms with E-state index in [2.05, 4.69) is 5.32 Å². The number of hydrogen-bond donors (Lipinski definition) is 1. The number of nitrogens with one attached hydrogen (secondary N) is 1. The highest BCUT2D eigenvalue weighted by Crippen LogP contribution is 2.16. The minimum absolute atomic E-state index is 0.229. The van der Waals surface area contributed by atoms with Crippen LogP contribution < -0.4 is 10.1 Å². The van der Waals surface area contributed by atoms with Crippen molar-refractivity contribution in [2.75, 3.05) is 11.9 Å². The summed E-state index contributed by atoms with van der Waals surface area (Å²) in [5.41, 5.74) is 1.31. The lowest BCUT2D eigenvalue weighted by Gasteiger charge is -2.13. The molecule has 2 rings (SSSR count). The number of nitriles is 2. The highest BCUT2D eigenvalue weighted by Gasteiger charge is 2.20. The van der Waals surface area contributed by atoms with Gasteiger partial charge >= 0.3 is 5.97 Å². The van der Waals surface area contributed by atoms with Crippen LogP contribution in [0.1, 0.15) is 25.0 Å². The Morgan fingerprint density at radius 1 is 1.10 bits per heavy atom. The van der Waals surface area contributed by atoms with E-state index in [1.54, 1.807) is 54.6 Å². The fourth-order valence-electron chi connectivity index (χ4n) is 2.28. The topological polar surface area (TPSA) is 112 Å². The fourth-order valence-corrected chi connectivity index (χ4v) is 2.28. The molecule has 0 heterocycles. The molecule has 0 saturated heterocycles. The van der Waals surface area contributed by atoms with Crippen LogP contribution in [0.25, 0.3) is 6.08 Å². The lowest BCUT2D eigenvalue weighted by molar-refractivity contribution is -0.148. The lowest BCUT2D eigenvalue weighted by atomic mass is 10.1. The molecular formula is C22H19N3O4. The van der Waals surface area contributed by atoms with Gasteiger partial charge in [0.25, 0.3) is 5.91 Å². The number of esters is 1. The molecule has 1 N–H and O–H groups in total. The smallest absolute Gasteiger partial charge is 0.349 e. The van der Waals surface area contributed by atoms with Crippen LogP contribution in [0.4, 0.5) is 5.69 Å². The van der Waals surface area contributed by atoms with E-state index in [1.807, 2.05) is 13.0 Å². The van der Waals surface area contributed by atoms with Crippen LogP contribution in [0.15, 0.2) is 54.1 Å². The van der Waals surface area contributed by atoms with E-state index < -0.39 is 18.0 Å². The summed E-state index contributed by atoms with van der Waals surface area (Å²) in [7, 11) is 0. The van der Waals surface area contributed by atoms with E-state index in [0.29, 0.717) is 29.2 Å². The predicted octanol–water partition coefficient (Wildman–Crippen LogP) is 3.43. The first-order valence-electron chi connectivity index (χ1n) is 8.83. The first kappa shape index (κ1) is 21.2. The van der Waals surface area contributed by atoms with E-state index in [0.717, 1.165) is 0 Å². The van der Waals surface area contributed by atoms with E-state index >= 15 is 0 Å². The summed E-state index contributed by atoms with van der Waals surface area (Å²) < 4.78 is 10.4. The molecule has 2 aromatic rings. The molecule has 0 unspecified atom stereocenters. The third-order valence-corrected chi connectivity index (χ3v) is 3.78. The second-order valence-corrected chi connectivity index (χ2v) is 5.90. The second-order valence-electron chi connectivity index (χ2n) is 5.90. The van der Waals surface area contributed by atoms with Crippen LogP contribution in [0, 0.1) is 22.7 Å². The van der Waals surface area contributed by atoms with Crippen molar-refractivity contribution in [3.63, 3.8) is 0 Å². The first-order valence-corrected chi connectivity index (χ1v) is 8.83. The van der Waals surface area contributed by atoms with E-state index in [9.17, 15) is 14.9 Å². The molecule has 7 nitrogen and oxygen atoms in total. The molecule has 0 spiro atoms. The van der Waals surface area contributed by atoms with Crippen molar-refractivity contribution in [2.24, 2.45) is 0 Å². The van der Waals surface area contributed by atoms with Crippen LogP contribution in [0.2, 0.25) is 0 Å². The Bertz CT molecular complexity index is 981. The maximum Gasteiger partial charge on any atom is 0.349 e. The second kappa shape index (κ2) is 10.3. The first-order chi connectivity index (χ1) is 14.0. The Balaban J connectivity index is 2.00. The molecule has 7 heteroatoms. The molecule has 0 aromatic heterocycles. The average molecular weight is 389 g/mol. The summed E-state index contributed by atoms with van der Waals surface area (Å²) in [6.07, 6.45) is 0.263. The molecule has 0 aliphatic carbocycles. The van der Waals surface area contributed by atoms with Gasteiger partial charge in [0.05, 0.1) is 18.2 Å². The molecule has 146 valence electrons. The average Bonchev–Trinajstić information content (AvgIpc) is 2.73. The fraction of sp³-hybridized carbons (Fsp3) is 0.182. The summed E-state index contributed by atoms with van der Waals surface area (Å²) >= 11 is 0. The maximum atomic E-state index is 12.2. The van der Waals surface area contributed by atoms with Crippen molar-refractivity contribution in [1.82, 2.24) is 0 Å². The zero-order chi connectivity index (χ0) is 21.2. The minimum atomic E-state index is -1.12. The van der Waals surface area contributed by atoms with Crippen LogP contribution in [0.5, 0.6) is 5.75 Å². The van der Waals surface area contributed by atoms with Crippen molar-refractivity contribution in [2.45, 2.75) is 20.0 Å². The number of nitrogens with zero attached hydrogens (tertiary/aromatic N) is 2. The molecule has 0 saturated carbocycles. The Hall–Kier alpha value is -4.10. The van der Waals surface area contributed by atoms with Crippen LogP contribution >= 0.6 is 0 Å². The highest BCUT2D eigenvalue weighted by molar-refractivity contribution is 6.01. The number of rotatable bonds is 7. The number of ether oxygens (including phenoxy) is 2. The zero-order valence-electron chi connectivity index (χ0n) is 16.0. The van der Waals surface area contributed by atoms with Gasteiger partial charge in [-0.05, 0) is 61.9 Å². The van der Waals surface area contributed by atoms with Crippen molar-refractivity contribution in [3.8, 4) is 17.9 Å². The van der Waals surface area contributed by atoms with Gasteiger partial charge in [0.15, 0.2) is 6.10 Å². The number of carbonyl (C=O) groups is 2. The van der Waals surface area contributed by atoms with Crippen molar-refractivity contribution in [3.05, 3.63) is 65.2 Å². The monoisotopic (exact) mass is 389 g/mol. The van der Waals surface area contributed by atoms with Gasteiger partial charge in [-0.25, -0.2) is 4.79 Å². The predicted molar refractivity (Wildman–Crippen MR) is 107 cm³/mol. The normalized spacial score (nSPS) is 11.5. The quantitative estimate of drug-likeness (QED) is 0.441. The van der Waals surface area contributed by atoms with E-state index in [-0.39, 0.29) is 5.57 Å². The van der Waals surface area contributed by atoms with Gasteiger partial charge in [-0.2, -0.15) is 10.5 Å². The molecule has 29 heavy (non-hydrogen) atoms. The molecule has 0 radical (unpaired) electrons. The van der Waals surface area contributed by atoms with Crippen LogP contribution in [-0.4, -0.2) is 24.6 Å². The molecule has 0 bridgehead atoms. The number of benzene rings is 2. The molecule has 2 aromatic carbocycles. The summed E-state index contributed by atoms with van der Waals surface area (Å²) in [5.74, 6) is -0.774. The molecular weight excluding hydrogens is 370 g/mol. The summed E-state index contributed by atoms with van der Waals surface area (Å²) in [5, 5.41) is 20.6. The third-order valence-electron chi connectivity index (χ3n) is 3.78. The number of anilines is 1. The Labute approximate surface area is 168 Å². The Morgan fingerprint density at radius 2 is 1.76 bits per heavy atom. The molecule has 0 fully saturated rings. The molecule has 1 amide bonds. The third kappa shape index (κ3) is 6.23. The number of amides is 1. The number of carbonyl (C=O) groups excluding carboxylic acids is 2. The minimum Gasteiger partial charge on any atom is -0.494 e. The molecule has 1 atom stereocenters. The highest BCUT2D eigenvalue weighted by atomic mass is 16.5.